The Morgan fingerprint density at radius 3 is 2.44 bits per heavy atom. The van der Waals surface area contributed by atoms with E-state index in [-0.39, 0.29) is 0 Å². The molecule has 0 aliphatic carbocycles. The number of rotatable bonds is 1. The first-order chi connectivity index (χ1) is 7.58. The van der Waals surface area contributed by atoms with E-state index in [1.807, 2.05) is 26.0 Å². The predicted molar refractivity (Wildman–Crippen MR) is 66.4 cm³/mol. The zero-order valence-corrected chi connectivity index (χ0v) is 9.92. The maximum Gasteiger partial charge on any atom is 0.141 e. The van der Waals surface area contributed by atoms with E-state index in [1.165, 1.54) is 0 Å². The van der Waals surface area contributed by atoms with Crippen molar-refractivity contribution in [3.8, 4) is 11.3 Å². The third-order valence-corrected chi connectivity index (χ3v) is 2.86. The second-order valence-corrected chi connectivity index (χ2v) is 4.15. The molecule has 16 heavy (non-hydrogen) atoms. The summed E-state index contributed by atoms with van der Waals surface area (Å²) < 4.78 is 0. The average molecular weight is 234 g/mol. The summed E-state index contributed by atoms with van der Waals surface area (Å²) in [4.78, 5) is 8.28. The Bertz CT molecular complexity index is 521. The fourth-order valence-corrected chi connectivity index (χ4v) is 1.75. The van der Waals surface area contributed by atoms with E-state index in [4.69, 9.17) is 17.3 Å². The highest BCUT2D eigenvalue weighted by Gasteiger charge is 2.06. The third-order valence-electron chi connectivity index (χ3n) is 2.45. The molecule has 0 saturated heterocycles. The lowest BCUT2D eigenvalue weighted by atomic mass is 10.0. The van der Waals surface area contributed by atoms with Crippen LogP contribution in [0.5, 0.6) is 0 Å². The van der Waals surface area contributed by atoms with Gasteiger partial charge in [0.15, 0.2) is 0 Å². The molecule has 1 aromatic carbocycles. The van der Waals surface area contributed by atoms with Gasteiger partial charge in [-0.1, -0.05) is 11.6 Å². The van der Waals surface area contributed by atoms with Gasteiger partial charge in [-0.25, -0.2) is 4.98 Å². The zero-order chi connectivity index (χ0) is 11.7. The predicted octanol–water partition coefficient (Wildman–Crippen LogP) is 3.00. The summed E-state index contributed by atoms with van der Waals surface area (Å²) in [6.45, 7) is 3.97. The van der Waals surface area contributed by atoms with Crippen LogP contribution in [0.4, 0.5) is 5.82 Å². The van der Waals surface area contributed by atoms with Gasteiger partial charge in [-0.3, -0.25) is 4.98 Å². The number of nitrogens with two attached hydrogens (primary N) is 1. The van der Waals surface area contributed by atoms with Crippen LogP contribution in [0.15, 0.2) is 24.5 Å². The maximum absolute atomic E-state index is 6.04. The smallest absolute Gasteiger partial charge is 0.141 e. The van der Waals surface area contributed by atoms with Gasteiger partial charge in [-0.05, 0) is 37.1 Å². The van der Waals surface area contributed by atoms with Gasteiger partial charge in [0.1, 0.15) is 5.82 Å². The normalized spacial score (nSPS) is 10.4. The molecule has 0 amide bonds. The molecule has 0 aliphatic heterocycles. The Morgan fingerprint density at radius 2 is 1.81 bits per heavy atom. The van der Waals surface area contributed by atoms with Gasteiger partial charge < -0.3 is 5.73 Å². The lowest BCUT2D eigenvalue weighted by molar-refractivity contribution is 1.20. The van der Waals surface area contributed by atoms with Crippen molar-refractivity contribution in [1.82, 2.24) is 9.97 Å². The monoisotopic (exact) mass is 233 g/mol. The molecular formula is C12H12ClN3. The minimum atomic E-state index is 0.423. The molecular weight excluding hydrogens is 222 g/mol. The van der Waals surface area contributed by atoms with E-state index >= 15 is 0 Å². The highest BCUT2D eigenvalue weighted by atomic mass is 35.5. The lowest BCUT2D eigenvalue weighted by Gasteiger charge is -2.07. The van der Waals surface area contributed by atoms with E-state index in [9.17, 15) is 0 Å². The van der Waals surface area contributed by atoms with Gasteiger partial charge >= 0.3 is 0 Å². The van der Waals surface area contributed by atoms with Crippen LogP contribution >= 0.6 is 11.6 Å². The van der Waals surface area contributed by atoms with Crippen molar-refractivity contribution in [2.45, 2.75) is 13.8 Å². The number of benzene rings is 1. The summed E-state index contributed by atoms with van der Waals surface area (Å²) in [7, 11) is 0. The van der Waals surface area contributed by atoms with Crippen LogP contribution < -0.4 is 5.73 Å². The first kappa shape index (κ1) is 10.9. The standard InChI is InChI=1S/C12H12ClN3/c1-7-4-10(13)8(2)3-9(7)11-5-16-12(14)6-15-11/h3-6H,1-2H3,(H2,14,16). The van der Waals surface area contributed by atoms with E-state index < -0.39 is 0 Å². The van der Waals surface area contributed by atoms with Gasteiger partial charge in [-0.15, -0.1) is 0 Å². The summed E-state index contributed by atoms with van der Waals surface area (Å²) in [6.07, 6.45) is 3.23. The molecule has 1 aromatic heterocycles. The average Bonchev–Trinajstić information content (AvgIpc) is 2.25. The van der Waals surface area contributed by atoms with Crippen LogP contribution in [0.25, 0.3) is 11.3 Å². The molecule has 2 aromatic rings. The van der Waals surface area contributed by atoms with Crippen LogP contribution in [-0.4, -0.2) is 9.97 Å². The Morgan fingerprint density at radius 1 is 1.06 bits per heavy atom. The Hall–Kier alpha value is -1.61. The molecule has 4 heteroatoms. The Labute approximate surface area is 99.3 Å². The van der Waals surface area contributed by atoms with Gasteiger partial charge in [0.05, 0.1) is 18.1 Å². The van der Waals surface area contributed by atoms with Crippen molar-refractivity contribution >= 4 is 17.4 Å². The van der Waals surface area contributed by atoms with E-state index in [2.05, 4.69) is 9.97 Å². The molecule has 0 radical (unpaired) electrons. The molecule has 0 atom stereocenters. The van der Waals surface area contributed by atoms with Gasteiger partial charge in [0.2, 0.25) is 0 Å². The summed E-state index contributed by atoms with van der Waals surface area (Å²) >= 11 is 6.04. The number of hydrogen-bond donors (Lipinski definition) is 1. The van der Waals surface area contributed by atoms with Crippen LogP contribution in [0, 0.1) is 13.8 Å². The maximum atomic E-state index is 6.04. The van der Waals surface area contributed by atoms with Crippen LogP contribution in [0.2, 0.25) is 5.02 Å². The first-order valence-electron chi connectivity index (χ1n) is 4.92. The van der Waals surface area contributed by atoms with Crippen molar-refractivity contribution in [1.29, 1.82) is 0 Å². The molecule has 0 unspecified atom stereocenters. The number of hydrogen-bond acceptors (Lipinski definition) is 3. The molecule has 2 rings (SSSR count). The number of aromatic nitrogens is 2. The minimum absolute atomic E-state index is 0.423. The SMILES string of the molecule is Cc1cc(-c2cnc(N)cn2)c(C)cc1Cl. The van der Waals surface area contributed by atoms with Gasteiger partial charge in [0, 0.05) is 10.6 Å². The highest BCUT2D eigenvalue weighted by Crippen LogP contribution is 2.27. The molecule has 82 valence electrons. The number of nitrogens with zero attached hydrogens (tertiary/aromatic N) is 2. The van der Waals surface area contributed by atoms with Crippen molar-refractivity contribution in [2.24, 2.45) is 0 Å². The molecule has 3 nitrogen and oxygen atoms in total. The van der Waals surface area contributed by atoms with E-state index in [0.29, 0.717) is 5.82 Å². The van der Waals surface area contributed by atoms with Crippen LogP contribution in [0.3, 0.4) is 0 Å². The first-order valence-corrected chi connectivity index (χ1v) is 5.30. The number of nitrogen functional groups attached to an aromatic ring is 1. The molecule has 0 bridgehead atoms. The second kappa shape index (κ2) is 4.10. The highest BCUT2D eigenvalue weighted by molar-refractivity contribution is 6.31. The fourth-order valence-electron chi connectivity index (χ4n) is 1.53. The zero-order valence-electron chi connectivity index (χ0n) is 9.16. The summed E-state index contributed by atoms with van der Waals surface area (Å²) in [5.41, 5.74) is 9.46. The van der Waals surface area contributed by atoms with E-state index in [0.717, 1.165) is 27.4 Å². The third kappa shape index (κ3) is 1.99. The van der Waals surface area contributed by atoms with Crippen LogP contribution in [-0.2, 0) is 0 Å². The van der Waals surface area contributed by atoms with Crippen molar-refractivity contribution in [2.75, 3.05) is 5.73 Å². The second-order valence-electron chi connectivity index (χ2n) is 3.74. The Balaban J connectivity index is 2.56. The molecule has 0 saturated carbocycles. The molecule has 0 fully saturated rings. The van der Waals surface area contributed by atoms with Gasteiger partial charge in [0.25, 0.3) is 0 Å². The van der Waals surface area contributed by atoms with Gasteiger partial charge in [-0.2, -0.15) is 0 Å². The fraction of sp³-hybridized carbons (Fsp3) is 0.167. The van der Waals surface area contributed by atoms with Crippen molar-refractivity contribution in [3.63, 3.8) is 0 Å². The van der Waals surface area contributed by atoms with Crippen molar-refractivity contribution < 1.29 is 0 Å². The Kier molecular flexibility index (Phi) is 2.79. The number of aryl methyl sites for hydroxylation is 2. The number of halogens is 1. The van der Waals surface area contributed by atoms with Crippen LogP contribution in [0.1, 0.15) is 11.1 Å². The summed E-state index contributed by atoms with van der Waals surface area (Å²) in [5, 5.41) is 0.768. The molecule has 0 spiro atoms. The van der Waals surface area contributed by atoms with Crippen molar-refractivity contribution in [3.05, 3.63) is 40.7 Å². The summed E-state index contributed by atoms with van der Waals surface area (Å²) in [6, 6.07) is 3.95. The number of anilines is 1. The molecule has 2 N–H and O–H groups in total. The quantitative estimate of drug-likeness (QED) is 0.824. The minimum Gasteiger partial charge on any atom is -0.382 e. The van der Waals surface area contributed by atoms with E-state index in [1.54, 1.807) is 12.4 Å². The lowest BCUT2D eigenvalue weighted by Crippen LogP contribution is -1.94. The summed E-state index contributed by atoms with van der Waals surface area (Å²) in [5.74, 6) is 0.423. The molecule has 1 heterocycles. The largest absolute Gasteiger partial charge is 0.382 e. The molecule has 0 aliphatic rings. The topological polar surface area (TPSA) is 51.8 Å².